The van der Waals surface area contributed by atoms with Gasteiger partial charge in [0.25, 0.3) is 0 Å². The quantitative estimate of drug-likeness (QED) is 0.624. The third-order valence-corrected chi connectivity index (χ3v) is 2.48. The van der Waals surface area contributed by atoms with Gasteiger partial charge in [-0.3, -0.25) is 0 Å². The first-order chi connectivity index (χ1) is 7.38. The Morgan fingerprint density at radius 3 is 1.80 bits per heavy atom. The van der Waals surface area contributed by atoms with E-state index in [1.807, 2.05) is 12.1 Å². The molecule has 1 saturated carbocycles. The number of hydrogen-bond donors (Lipinski definition) is 0. The van der Waals surface area contributed by atoms with Gasteiger partial charge in [0.2, 0.25) is 0 Å². The second kappa shape index (κ2) is 7.23. The van der Waals surface area contributed by atoms with Gasteiger partial charge in [0.15, 0.2) is 0 Å². The maximum absolute atomic E-state index is 8.38. The lowest BCUT2D eigenvalue weighted by Crippen LogP contribution is -2.26. The Labute approximate surface area is 90.4 Å². The smallest absolute Gasteiger partial charge is 0.0837 e. The van der Waals surface area contributed by atoms with Crippen molar-refractivity contribution in [3.63, 3.8) is 0 Å². The zero-order valence-electron chi connectivity index (χ0n) is 8.82. The minimum Gasteiger partial charge on any atom is -0.374 e. The predicted octanol–water partition coefficient (Wildman–Crippen LogP) is 1.77. The summed E-state index contributed by atoms with van der Waals surface area (Å²) in [7, 11) is 0. The van der Waals surface area contributed by atoms with Gasteiger partial charge in [-0.1, -0.05) is 0 Å². The second-order valence-electron chi connectivity index (χ2n) is 3.57. The molecule has 0 spiro atoms. The molecule has 0 aromatic carbocycles. The molecule has 1 aliphatic rings. The molecular weight excluding hydrogens is 192 g/mol. The van der Waals surface area contributed by atoms with Crippen LogP contribution in [0.3, 0.4) is 0 Å². The van der Waals surface area contributed by atoms with Gasteiger partial charge in [-0.25, -0.2) is 0 Å². The number of nitrogens with zero attached hydrogens (tertiary/aromatic N) is 2. The Kier molecular flexibility index (Phi) is 5.77. The van der Waals surface area contributed by atoms with Crippen LogP contribution in [0, 0.1) is 22.7 Å². The highest BCUT2D eigenvalue weighted by Gasteiger charge is 2.28. The van der Waals surface area contributed by atoms with E-state index in [0.29, 0.717) is 26.1 Å². The van der Waals surface area contributed by atoms with Crippen molar-refractivity contribution < 1.29 is 9.47 Å². The van der Waals surface area contributed by atoms with Gasteiger partial charge in [-0.15, -0.1) is 0 Å². The Morgan fingerprint density at radius 2 is 1.40 bits per heavy atom. The fraction of sp³-hybridized carbons (Fsp3) is 0.818. The van der Waals surface area contributed by atoms with Crippen molar-refractivity contribution >= 4 is 0 Å². The Hall–Kier alpha value is -1.10. The average molecular weight is 208 g/mol. The van der Waals surface area contributed by atoms with Crippen LogP contribution in [0.15, 0.2) is 0 Å². The van der Waals surface area contributed by atoms with Crippen molar-refractivity contribution in [1.82, 2.24) is 0 Å². The zero-order valence-corrected chi connectivity index (χ0v) is 8.82. The molecule has 4 nitrogen and oxygen atoms in total. The third kappa shape index (κ3) is 4.29. The molecule has 15 heavy (non-hydrogen) atoms. The average Bonchev–Trinajstić information content (AvgIpc) is 2.67. The second-order valence-corrected chi connectivity index (χ2v) is 3.57. The standard InChI is InChI=1S/C11H16N2O2/c12-6-2-8-14-10-4-1-5-11(10)15-9-3-7-13/h10-11H,1-5,8-9H2. The molecule has 1 aliphatic carbocycles. The zero-order chi connectivity index (χ0) is 10.9. The Balaban J connectivity index is 2.18. The number of hydrogen-bond acceptors (Lipinski definition) is 4. The summed E-state index contributed by atoms with van der Waals surface area (Å²) < 4.78 is 11.1. The van der Waals surface area contributed by atoms with Crippen LogP contribution in [0.5, 0.6) is 0 Å². The third-order valence-electron chi connectivity index (χ3n) is 2.48. The first kappa shape index (κ1) is 12.0. The predicted molar refractivity (Wildman–Crippen MR) is 53.8 cm³/mol. The first-order valence-electron chi connectivity index (χ1n) is 5.35. The SMILES string of the molecule is N#CCCOC1CCCC1OCCC#N. The maximum atomic E-state index is 8.38. The van der Waals surface area contributed by atoms with Crippen LogP contribution in [0.25, 0.3) is 0 Å². The van der Waals surface area contributed by atoms with Crippen LogP contribution in [-0.2, 0) is 9.47 Å². The van der Waals surface area contributed by atoms with Crippen molar-refractivity contribution in [3.8, 4) is 12.1 Å². The lowest BCUT2D eigenvalue weighted by molar-refractivity contribution is -0.0533. The van der Waals surface area contributed by atoms with Crippen LogP contribution in [-0.4, -0.2) is 25.4 Å². The maximum Gasteiger partial charge on any atom is 0.0837 e. The fourth-order valence-electron chi connectivity index (χ4n) is 1.79. The van der Waals surface area contributed by atoms with E-state index in [2.05, 4.69) is 0 Å². The van der Waals surface area contributed by atoms with E-state index in [1.165, 1.54) is 0 Å². The van der Waals surface area contributed by atoms with E-state index in [4.69, 9.17) is 20.0 Å². The lowest BCUT2D eigenvalue weighted by Gasteiger charge is -2.19. The van der Waals surface area contributed by atoms with Gasteiger partial charge in [0.1, 0.15) is 0 Å². The topological polar surface area (TPSA) is 66.0 Å². The van der Waals surface area contributed by atoms with E-state index in [-0.39, 0.29) is 12.2 Å². The number of nitriles is 2. The summed E-state index contributed by atoms with van der Waals surface area (Å²) in [5, 5.41) is 16.8. The van der Waals surface area contributed by atoms with E-state index < -0.39 is 0 Å². The molecule has 0 aromatic heterocycles. The molecule has 82 valence electrons. The van der Waals surface area contributed by atoms with Crippen LogP contribution in [0.4, 0.5) is 0 Å². The van der Waals surface area contributed by atoms with Crippen LogP contribution < -0.4 is 0 Å². The summed E-state index contributed by atoms with van der Waals surface area (Å²) in [6.07, 6.45) is 4.22. The molecule has 2 atom stereocenters. The van der Waals surface area contributed by atoms with Crippen molar-refractivity contribution in [3.05, 3.63) is 0 Å². The van der Waals surface area contributed by atoms with Crippen molar-refractivity contribution in [1.29, 1.82) is 10.5 Å². The highest BCUT2D eigenvalue weighted by atomic mass is 16.5. The van der Waals surface area contributed by atoms with Crippen LogP contribution in [0.1, 0.15) is 32.1 Å². The van der Waals surface area contributed by atoms with Gasteiger partial charge in [-0.2, -0.15) is 10.5 Å². The van der Waals surface area contributed by atoms with Gasteiger partial charge in [-0.05, 0) is 19.3 Å². The molecule has 0 heterocycles. The normalized spacial score (nSPS) is 24.7. The van der Waals surface area contributed by atoms with E-state index in [1.54, 1.807) is 0 Å². The molecule has 0 N–H and O–H groups in total. The summed E-state index contributed by atoms with van der Waals surface area (Å²) in [6.45, 7) is 0.971. The van der Waals surface area contributed by atoms with Crippen LogP contribution >= 0.6 is 0 Å². The summed E-state index contributed by atoms with van der Waals surface area (Å²) in [5.41, 5.74) is 0. The molecule has 4 heteroatoms. The minimum absolute atomic E-state index is 0.122. The lowest BCUT2D eigenvalue weighted by atomic mass is 10.2. The van der Waals surface area contributed by atoms with Crippen molar-refractivity contribution in [2.24, 2.45) is 0 Å². The van der Waals surface area contributed by atoms with E-state index >= 15 is 0 Å². The minimum atomic E-state index is 0.122. The molecule has 1 rings (SSSR count). The Bertz CT molecular complexity index is 228. The van der Waals surface area contributed by atoms with Crippen molar-refractivity contribution in [2.75, 3.05) is 13.2 Å². The first-order valence-corrected chi connectivity index (χ1v) is 5.35. The molecule has 0 bridgehead atoms. The number of rotatable bonds is 6. The summed E-state index contributed by atoms with van der Waals surface area (Å²) in [5.74, 6) is 0. The highest BCUT2D eigenvalue weighted by Crippen LogP contribution is 2.25. The Morgan fingerprint density at radius 1 is 0.933 bits per heavy atom. The van der Waals surface area contributed by atoms with Crippen LogP contribution in [0.2, 0.25) is 0 Å². The number of ether oxygens (including phenoxy) is 2. The largest absolute Gasteiger partial charge is 0.374 e. The summed E-state index contributed by atoms with van der Waals surface area (Å²) in [6, 6.07) is 4.10. The molecule has 0 saturated heterocycles. The van der Waals surface area contributed by atoms with Gasteiger partial charge in [0.05, 0.1) is 50.4 Å². The van der Waals surface area contributed by atoms with Crippen molar-refractivity contribution in [2.45, 2.75) is 44.3 Å². The summed E-state index contributed by atoms with van der Waals surface area (Å²) in [4.78, 5) is 0. The molecule has 0 aliphatic heterocycles. The van der Waals surface area contributed by atoms with Gasteiger partial charge >= 0.3 is 0 Å². The van der Waals surface area contributed by atoms with E-state index in [0.717, 1.165) is 19.3 Å². The fourth-order valence-corrected chi connectivity index (χ4v) is 1.79. The summed E-state index contributed by atoms with van der Waals surface area (Å²) >= 11 is 0. The molecular formula is C11H16N2O2. The van der Waals surface area contributed by atoms with Gasteiger partial charge in [0, 0.05) is 0 Å². The van der Waals surface area contributed by atoms with Gasteiger partial charge < -0.3 is 9.47 Å². The molecule has 1 fully saturated rings. The highest BCUT2D eigenvalue weighted by molar-refractivity contribution is 4.80. The molecule has 0 amide bonds. The molecule has 0 aromatic rings. The molecule has 2 unspecified atom stereocenters. The monoisotopic (exact) mass is 208 g/mol. The molecule has 0 radical (unpaired) electrons. The van der Waals surface area contributed by atoms with E-state index in [9.17, 15) is 0 Å².